The van der Waals surface area contributed by atoms with E-state index in [1.165, 1.54) is 0 Å². The van der Waals surface area contributed by atoms with Crippen molar-refractivity contribution in [2.75, 3.05) is 7.11 Å². The summed E-state index contributed by atoms with van der Waals surface area (Å²) >= 11 is 0. The fourth-order valence-corrected chi connectivity index (χ4v) is 1.48. The van der Waals surface area contributed by atoms with Crippen LogP contribution in [-0.2, 0) is 9.53 Å². The molecule has 0 N–H and O–H groups in total. The Morgan fingerprint density at radius 1 is 1.00 bits per heavy atom. The highest BCUT2D eigenvalue weighted by Crippen LogP contribution is 2.11. The fourth-order valence-electron chi connectivity index (χ4n) is 1.48. The largest absolute Gasteiger partial charge is 0.497 e. The minimum absolute atomic E-state index is 0.492. The molecule has 0 fully saturated rings. The molecule has 0 aliphatic carbocycles. The zero-order valence-corrected chi connectivity index (χ0v) is 12.8. The van der Waals surface area contributed by atoms with Crippen molar-refractivity contribution in [3.63, 3.8) is 0 Å². The van der Waals surface area contributed by atoms with Crippen LogP contribution in [0.25, 0.3) is 0 Å². The van der Waals surface area contributed by atoms with Crippen molar-refractivity contribution < 1.29 is 19.0 Å². The van der Waals surface area contributed by atoms with E-state index >= 15 is 0 Å². The first-order valence-electron chi connectivity index (χ1n) is 6.79. The first kappa shape index (κ1) is 17.3. The Morgan fingerprint density at radius 2 is 1.50 bits per heavy atom. The van der Waals surface area contributed by atoms with Crippen LogP contribution >= 0.6 is 0 Å². The summed E-state index contributed by atoms with van der Waals surface area (Å²) in [5, 5.41) is 0. The molecule has 0 saturated heterocycles. The molecular weight excluding hydrogens is 280 g/mol. The second kappa shape index (κ2) is 10.0. The molecule has 0 amide bonds. The van der Waals surface area contributed by atoms with Gasteiger partial charge in [0.05, 0.1) is 7.11 Å². The highest BCUT2D eigenvalue weighted by Gasteiger charge is 2.06. The van der Waals surface area contributed by atoms with E-state index in [1.54, 1.807) is 26.2 Å². The van der Waals surface area contributed by atoms with E-state index < -0.39 is 12.3 Å². The van der Waals surface area contributed by atoms with Crippen molar-refractivity contribution in [2.45, 2.75) is 13.2 Å². The van der Waals surface area contributed by atoms with E-state index in [2.05, 4.69) is 6.58 Å². The van der Waals surface area contributed by atoms with Gasteiger partial charge in [0, 0.05) is 13.0 Å². The van der Waals surface area contributed by atoms with Crippen molar-refractivity contribution in [3.8, 4) is 11.5 Å². The zero-order valence-electron chi connectivity index (χ0n) is 12.8. The normalized spacial score (nSPS) is 10.5. The third-order valence-electron chi connectivity index (χ3n) is 2.47. The zero-order chi connectivity index (χ0) is 16.2. The monoisotopic (exact) mass is 300 g/mol. The van der Waals surface area contributed by atoms with Crippen LogP contribution in [0, 0.1) is 0 Å². The smallest absolute Gasteiger partial charge is 0.333 e. The molecule has 0 heterocycles. The van der Waals surface area contributed by atoms with E-state index in [1.807, 2.05) is 48.5 Å². The molecular formula is C18H20O4. The lowest BCUT2D eigenvalue weighted by atomic mass is 10.3. The van der Waals surface area contributed by atoms with Gasteiger partial charge in [-0.1, -0.05) is 43.0 Å². The molecule has 0 aliphatic rings. The quantitative estimate of drug-likeness (QED) is 0.478. The average Bonchev–Trinajstić information content (AvgIpc) is 2.57. The minimum Gasteiger partial charge on any atom is -0.497 e. The van der Waals surface area contributed by atoms with Gasteiger partial charge in [-0.2, -0.15) is 0 Å². The number of ether oxygens (including phenoxy) is 3. The maximum absolute atomic E-state index is 10.8. The molecule has 4 nitrogen and oxygen atoms in total. The number of benzene rings is 2. The Bertz CT molecular complexity index is 552. The molecule has 0 radical (unpaired) electrons. The van der Waals surface area contributed by atoms with Gasteiger partial charge in [-0.25, -0.2) is 4.79 Å². The third kappa shape index (κ3) is 7.14. The predicted molar refractivity (Wildman–Crippen MR) is 85.8 cm³/mol. The van der Waals surface area contributed by atoms with Crippen molar-refractivity contribution in [1.29, 1.82) is 0 Å². The molecule has 2 aromatic carbocycles. The summed E-state index contributed by atoms with van der Waals surface area (Å²) in [5.74, 6) is 1.08. The SMILES string of the molecule is C=CC(=O)OC(C)Oc1ccccc1.COc1ccccc1. The molecule has 0 aliphatic heterocycles. The molecule has 1 unspecified atom stereocenters. The number of hydrogen-bond donors (Lipinski definition) is 0. The lowest BCUT2D eigenvalue weighted by Crippen LogP contribution is -2.19. The van der Waals surface area contributed by atoms with Crippen molar-refractivity contribution >= 4 is 5.97 Å². The van der Waals surface area contributed by atoms with Gasteiger partial charge in [0.1, 0.15) is 11.5 Å². The van der Waals surface area contributed by atoms with Gasteiger partial charge in [0.2, 0.25) is 6.29 Å². The van der Waals surface area contributed by atoms with Crippen LogP contribution in [-0.4, -0.2) is 19.4 Å². The molecule has 2 aromatic rings. The third-order valence-corrected chi connectivity index (χ3v) is 2.47. The molecule has 4 heteroatoms. The molecule has 0 aromatic heterocycles. The van der Waals surface area contributed by atoms with Crippen LogP contribution in [0.2, 0.25) is 0 Å². The number of methoxy groups -OCH3 is 1. The number of carbonyl (C=O) groups excluding carboxylic acids is 1. The summed E-state index contributed by atoms with van der Waals surface area (Å²) in [4.78, 5) is 10.8. The Hall–Kier alpha value is -2.75. The van der Waals surface area contributed by atoms with E-state index in [9.17, 15) is 4.79 Å². The first-order valence-corrected chi connectivity index (χ1v) is 6.79. The van der Waals surface area contributed by atoms with Crippen LogP contribution in [0.4, 0.5) is 0 Å². The molecule has 22 heavy (non-hydrogen) atoms. The minimum atomic E-state index is -0.608. The Kier molecular flexibility index (Phi) is 7.90. The van der Waals surface area contributed by atoms with Gasteiger partial charge < -0.3 is 14.2 Å². The lowest BCUT2D eigenvalue weighted by molar-refractivity contribution is -0.154. The molecule has 116 valence electrons. The molecule has 0 bridgehead atoms. The van der Waals surface area contributed by atoms with E-state index in [4.69, 9.17) is 14.2 Å². The van der Waals surface area contributed by atoms with Gasteiger partial charge in [-0.3, -0.25) is 0 Å². The van der Waals surface area contributed by atoms with E-state index in [-0.39, 0.29) is 0 Å². The van der Waals surface area contributed by atoms with E-state index in [0.29, 0.717) is 5.75 Å². The second-order valence-corrected chi connectivity index (χ2v) is 4.16. The number of esters is 1. The average molecular weight is 300 g/mol. The maximum Gasteiger partial charge on any atom is 0.333 e. The van der Waals surface area contributed by atoms with Crippen LogP contribution in [0.3, 0.4) is 0 Å². The summed E-state index contributed by atoms with van der Waals surface area (Å²) in [6.07, 6.45) is 0.494. The maximum atomic E-state index is 10.8. The highest BCUT2D eigenvalue weighted by atomic mass is 16.7. The summed E-state index contributed by atoms with van der Waals surface area (Å²) < 4.78 is 15.0. The van der Waals surface area contributed by atoms with Gasteiger partial charge in [-0.05, 0) is 24.3 Å². The van der Waals surface area contributed by atoms with Gasteiger partial charge in [0.25, 0.3) is 0 Å². The predicted octanol–water partition coefficient (Wildman–Crippen LogP) is 3.84. The van der Waals surface area contributed by atoms with Crippen molar-refractivity contribution in [2.24, 2.45) is 0 Å². The fraction of sp³-hybridized carbons (Fsp3) is 0.167. The number of para-hydroxylation sites is 2. The van der Waals surface area contributed by atoms with Gasteiger partial charge in [0.15, 0.2) is 0 Å². The van der Waals surface area contributed by atoms with Crippen molar-refractivity contribution in [3.05, 3.63) is 73.3 Å². The number of rotatable bonds is 5. The van der Waals surface area contributed by atoms with Gasteiger partial charge >= 0.3 is 5.97 Å². The first-order chi connectivity index (χ1) is 10.7. The number of hydrogen-bond acceptors (Lipinski definition) is 4. The topological polar surface area (TPSA) is 44.8 Å². The summed E-state index contributed by atoms with van der Waals surface area (Å²) in [5.41, 5.74) is 0. The van der Waals surface area contributed by atoms with Crippen LogP contribution in [0.1, 0.15) is 6.92 Å². The van der Waals surface area contributed by atoms with Crippen molar-refractivity contribution in [1.82, 2.24) is 0 Å². The molecule has 2 rings (SSSR count). The highest BCUT2D eigenvalue weighted by molar-refractivity contribution is 5.81. The lowest BCUT2D eigenvalue weighted by Gasteiger charge is -2.13. The van der Waals surface area contributed by atoms with E-state index in [0.717, 1.165) is 11.8 Å². The molecule has 1 atom stereocenters. The molecule has 0 saturated carbocycles. The standard InChI is InChI=1S/C11H12O3.C7H8O/c1-3-11(12)14-9(2)13-10-7-5-4-6-8-10;1-8-7-5-3-2-4-6-7/h3-9H,1H2,2H3;2-6H,1H3. The molecule has 0 spiro atoms. The summed E-state index contributed by atoms with van der Waals surface area (Å²) in [7, 11) is 1.66. The summed E-state index contributed by atoms with van der Waals surface area (Å²) in [6, 6.07) is 18.8. The second-order valence-electron chi connectivity index (χ2n) is 4.16. The summed E-state index contributed by atoms with van der Waals surface area (Å²) in [6.45, 7) is 4.94. The van der Waals surface area contributed by atoms with Gasteiger partial charge in [-0.15, -0.1) is 0 Å². The Labute approximate surface area is 130 Å². The van der Waals surface area contributed by atoms with Crippen LogP contribution < -0.4 is 9.47 Å². The Morgan fingerprint density at radius 3 is 1.91 bits per heavy atom. The van der Waals surface area contributed by atoms with Crippen LogP contribution in [0.5, 0.6) is 11.5 Å². The number of carbonyl (C=O) groups is 1. The Balaban J connectivity index is 0.000000255. The van der Waals surface area contributed by atoms with Crippen LogP contribution in [0.15, 0.2) is 73.3 Å².